The van der Waals surface area contributed by atoms with Crippen LogP contribution in [-0.2, 0) is 0 Å². The number of benzene rings is 4. The van der Waals surface area contributed by atoms with Crippen LogP contribution >= 0.6 is 0 Å². The fraction of sp³-hybridized carbons (Fsp3) is 0. The number of rotatable bonds is 4. The number of aromatic nitrogens is 4. The highest BCUT2D eigenvalue weighted by Crippen LogP contribution is 2.37. The number of pyridine rings is 2. The molecule has 0 aliphatic carbocycles. The summed E-state index contributed by atoms with van der Waals surface area (Å²) in [5, 5.41) is 1.98. The Kier molecular flexibility index (Phi) is 5.38. The van der Waals surface area contributed by atoms with Crippen molar-refractivity contribution >= 4 is 33.1 Å². The zero-order valence-electron chi connectivity index (χ0n) is 21.9. The monoisotopic (exact) mass is 526 g/mol. The molecule has 0 unspecified atom stereocenters. The van der Waals surface area contributed by atoms with Gasteiger partial charge >= 0.3 is 0 Å². The van der Waals surface area contributed by atoms with Gasteiger partial charge in [0.25, 0.3) is 0 Å². The van der Waals surface area contributed by atoms with Crippen molar-refractivity contribution in [1.82, 2.24) is 19.9 Å². The highest BCUT2D eigenvalue weighted by molar-refractivity contribution is 6.07. The Balaban J connectivity index is 1.30. The second kappa shape index (κ2) is 9.50. The van der Waals surface area contributed by atoms with Crippen molar-refractivity contribution in [3.05, 3.63) is 134 Å². The van der Waals surface area contributed by atoms with Gasteiger partial charge < -0.3 is 4.42 Å². The SMILES string of the molecule is c1ccc(-c2cnc3oc4c(-c5ccc(-c6ccc7ccccc7n6)cc5)nc(-c5ccccc5)nc4c3c2)cc1. The molecule has 0 radical (unpaired) electrons. The maximum Gasteiger partial charge on any atom is 0.229 e. The molecule has 4 aromatic heterocycles. The van der Waals surface area contributed by atoms with Crippen molar-refractivity contribution in [1.29, 1.82) is 0 Å². The minimum Gasteiger partial charge on any atom is -0.434 e. The average Bonchev–Trinajstić information content (AvgIpc) is 3.43. The minimum absolute atomic E-state index is 0.539. The number of para-hydroxylation sites is 1. The van der Waals surface area contributed by atoms with Crippen molar-refractivity contribution in [2.75, 3.05) is 0 Å². The Morgan fingerprint density at radius 2 is 1.22 bits per heavy atom. The van der Waals surface area contributed by atoms with Crippen molar-refractivity contribution in [2.24, 2.45) is 0 Å². The van der Waals surface area contributed by atoms with Gasteiger partial charge in [0.1, 0.15) is 11.2 Å². The van der Waals surface area contributed by atoms with Crippen LogP contribution in [-0.4, -0.2) is 19.9 Å². The number of fused-ring (bicyclic) bond motifs is 4. The third kappa shape index (κ3) is 4.12. The molecule has 8 rings (SSSR count). The molecule has 0 spiro atoms. The van der Waals surface area contributed by atoms with Gasteiger partial charge in [0, 0.05) is 33.8 Å². The lowest BCUT2D eigenvalue weighted by atomic mass is 10.0. The van der Waals surface area contributed by atoms with E-state index in [0.717, 1.165) is 61.0 Å². The molecule has 0 aliphatic rings. The van der Waals surface area contributed by atoms with E-state index in [1.165, 1.54) is 0 Å². The van der Waals surface area contributed by atoms with Gasteiger partial charge in [-0.05, 0) is 23.8 Å². The van der Waals surface area contributed by atoms with Crippen molar-refractivity contribution in [2.45, 2.75) is 0 Å². The highest BCUT2D eigenvalue weighted by Gasteiger charge is 2.19. The van der Waals surface area contributed by atoms with Gasteiger partial charge in [-0.2, -0.15) is 0 Å². The summed E-state index contributed by atoms with van der Waals surface area (Å²) in [6.45, 7) is 0. The van der Waals surface area contributed by atoms with Gasteiger partial charge in [-0.15, -0.1) is 0 Å². The molecule has 5 nitrogen and oxygen atoms in total. The number of nitrogens with zero attached hydrogens (tertiary/aromatic N) is 4. The summed E-state index contributed by atoms with van der Waals surface area (Å²) < 4.78 is 6.33. The molecule has 0 atom stereocenters. The van der Waals surface area contributed by atoms with E-state index in [1.54, 1.807) is 0 Å². The van der Waals surface area contributed by atoms with E-state index in [2.05, 4.69) is 65.6 Å². The van der Waals surface area contributed by atoms with Crippen LogP contribution in [0.4, 0.5) is 0 Å². The Labute approximate surface area is 235 Å². The van der Waals surface area contributed by atoms with Gasteiger partial charge in [0.05, 0.1) is 16.6 Å². The molecular weight excluding hydrogens is 504 g/mol. The smallest absolute Gasteiger partial charge is 0.229 e. The van der Waals surface area contributed by atoms with E-state index in [4.69, 9.17) is 19.4 Å². The third-order valence-corrected chi connectivity index (χ3v) is 7.36. The van der Waals surface area contributed by atoms with E-state index in [9.17, 15) is 0 Å². The molecule has 0 N–H and O–H groups in total. The lowest BCUT2D eigenvalue weighted by Gasteiger charge is -2.08. The summed E-state index contributed by atoms with van der Waals surface area (Å²) in [6, 6.07) is 43.0. The first-order valence-corrected chi connectivity index (χ1v) is 13.5. The molecule has 4 aromatic carbocycles. The van der Waals surface area contributed by atoms with Crippen molar-refractivity contribution in [3.63, 3.8) is 0 Å². The van der Waals surface area contributed by atoms with E-state index < -0.39 is 0 Å². The molecule has 4 heterocycles. The molecule has 0 saturated heterocycles. The second-order valence-corrected chi connectivity index (χ2v) is 9.95. The van der Waals surface area contributed by atoms with Gasteiger partial charge in [0.15, 0.2) is 11.4 Å². The minimum atomic E-state index is 0.539. The fourth-order valence-electron chi connectivity index (χ4n) is 5.26. The van der Waals surface area contributed by atoms with Crippen molar-refractivity contribution < 1.29 is 4.42 Å². The van der Waals surface area contributed by atoms with Crippen LogP contribution in [0, 0.1) is 0 Å². The summed E-state index contributed by atoms with van der Waals surface area (Å²) in [7, 11) is 0. The molecule has 0 aliphatic heterocycles. The standard InChI is InChI=1S/C36H22N4O/c1-3-9-23(10-4-1)28-21-29-33-34(41-36(29)37-22-28)32(39-35(40-33)27-12-5-2-6-13-27)26-17-15-25(16-18-26)31-20-19-24-11-7-8-14-30(24)38-31/h1-22H. The van der Waals surface area contributed by atoms with Gasteiger partial charge in [-0.3, -0.25) is 0 Å². The summed E-state index contributed by atoms with van der Waals surface area (Å²) in [5.74, 6) is 0.640. The molecule has 0 saturated carbocycles. The molecule has 41 heavy (non-hydrogen) atoms. The van der Waals surface area contributed by atoms with Gasteiger partial charge in [0.2, 0.25) is 5.71 Å². The largest absolute Gasteiger partial charge is 0.434 e. The first-order valence-electron chi connectivity index (χ1n) is 13.5. The van der Waals surface area contributed by atoms with Crippen molar-refractivity contribution in [3.8, 4) is 45.0 Å². The number of hydrogen-bond acceptors (Lipinski definition) is 5. The van der Waals surface area contributed by atoms with Crippen LogP contribution in [0.3, 0.4) is 0 Å². The fourth-order valence-corrected chi connectivity index (χ4v) is 5.26. The average molecular weight is 527 g/mol. The predicted octanol–water partition coefficient (Wildman–Crippen LogP) is 8.99. The number of hydrogen-bond donors (Lipinski definition) is 0. The lowest BCUT2D eigenvalue weighted by molar-refractivity contribution is 0.653. The summed E-state index contributed by atoms with van der Waals surface area (Å²) in [6.07, 6.45) is 1.84. The summed E-state index contributed by atoms with van der Waals surface area (Å²) in [5.41, 5.74) is 9.54. The van der Waals surface area contributed by atoms with Gasteiger partial charge in [-0.25, -0.2) is 19.9 Å². The second-order valence-electron chi connectivity index (χ2n) is 9.95. The third-order valence-electron chi connectivity index (χ3n) is 7.36. The maximum atomic E-state index is 6.33. The first-order chi connectivity index (χ1) is 20.3. The Morgan fingerprint density at radius 3 is 2.02 bits per heavy atom. The van der Waals surface area contributed by atoms with Crippen LogP contribution in [0.1, 0.15) is 0 Å². The lowest BCUT2D eigenvalue weighted by Crippen LogP contribution is -1.94. The molecule has 5 heteroatoms. The Hall–Kier alpha value is -5.68. The predicted molar refractivity (Wildman–Crippen MR) is 164 cm³/mol. The zero-order valence-corrected chi connectivity index (χ0v) is 21.9. The first kappa shape index (κ1) is 23.2. The molecule has 192 valence electrons. The van der Waals surface area contributed by atoms with E-state index in [-0.39, 0.29) is 0 Å². The van der Waals surface area contributed by atoms with E-state index in [0.29, 0.717) is 17.1 Å². The van der Waals surface area contributed by atoms with E-state index in [1.807, 2.05) is 72.9 Å². The van der Waals surface area contributed by atoms with Crippen LogP contribution in [0.15, 0.2) is 138 Å². The van der Waals surface area contributed by atoms with Crippen LogP contribution in [0.25, 0.3) is 78.1 Å². The maximum absolute atomic E-state index is 6.33. The Bertz CT molecular complexity index is 2190. The number of furan rings is 1. The molecule has 8 aromatic rings. The topological polar surface area (TPSA) is 64.7 Å². The van der Waals surface area contributed by atoms with Gasteiger partial charge in [-0.1, -0.05) is 109 Å². The Morgan fingerprint density at radius 1 is 0.512 bits per heavy atom. The van der Waals surface area contributed by atoms with Crippen LogP contribution < -0.4 is 0 Å². The van der Waals surface area contributed by atoms with E-state index >= 15 is 0 Å². The quantitative estimate of drug-likeness (QED) is 0.229. The van der Waals surface area contributed by atoms with Crippen LogP contribution in [0.2, 0.25) is 0 Å². The summed E-state index contributed by atoms with van der Waals surface area (Å²) in [4.78, 5) is 19.5. The molecule has 0 amide bonds. The molecular formula is C36H22N4O. The normalized spacial score (nSPS) is 11.4. The highest BCUT2D eigenvalue weighted by atomic mass is 16.3. The molecule has 0 bridgehead atoms. The van der Waals surface area contributed by atoms with Crippen LogP contribution in [0.5, 0.6) is 0 Å². The summed E-state index contributed by atoms with van der Waals surface area (Å²) >= 11 is 0. The zero-order chi connectivity index (χ0) is 27.2. The molecule has 0 fully saturated rings.